The molecule has 306 valence electrons. The number of aryl methyl sites for hydroxylation is 2. The van der Waals surface area contributed by atoms with E-state index in [1.165, 1.54) is 20.8 Å². The van der Waals surface area contributed by atoms with E-state index in [0.29, 0.717) is 28.9 Å². The molecule has 0 amide bonds. The van der Waals surface area contributed by atoms with E-state index in [2.05, 4.69) is 14.9 Å². The Balaban J connectivity index is 1.26. The summed E-state index contributed by atoms with van der Waals surface area (Å²) in [7, 11) is 0. The Bertz CT molecular complexity index is 2310. The highest BCUT2D eigenvalue weighted by atomic mass is 16.9. The lowest BCUT2D eigenvalue weighted by Gasteiger charge is -2.18. The first-order chi connectivity index (χ1) is 27.6. The van der Waals surface area contributed by atoms with Crippen LogP contribution in [0.15, 0.2) is 91.5 Å². The van der Waals surface area contributed by atoms with Crippen LogP contribution in [0.25, 0.3) is 11.1 Å². The van der Waals surface area contributed by atoms with Crippen molar-refractivity contribution in [2.75, 3.05) is 6.73 Å². The third kappa shape index (κ3) is 11.1. The van der Waals surface area contributed by atoms with Crippen LogP contribution in [0.4, 0.5) is 4.79 Å². The van der Waals surface area contributed by atoms with E-state index in [0.717, 1.165) is 28.2 Å². The van der Waals surface area contributed by atoms with Gasteiger partial charge >= 0.3 is 17.9 Å². The van der Waals surface area contributed by atoms with Gasteiger partial charge in [0.05, 0.1) is 0 Å². The molecular formula is C39H43N7O12. The normalized spacial score (nSPS) is 11.6. The van der Waals surface area contributed by atoms with E-state index in [9.17, 15) is 29.6 Å². The molecule has 0 radical (unpaired) electrons. The summed E-state index contributed by atoms with van der Waals surface area (Å²) in [5.74, 6) is 5.16. The predicted octanol–water partition coefficient (Wildman–Crippen LogP) is 4.81. The number of hydrogen-bond acceptors (Lipinski definition) is 16. The summed E-state index contributed by atoms with van der Waals surface area (Å²) < 4.78 is 27.2. The Morgan fingerprint density at radius 3 is 2.24 bits per heavy atom. The van der Waals surface area contributed by atoms with E-state index in [1.807, 2.05) is 43.3 Å². The van der Waals surface area contributed by atoms with Crippen LogP contribution in [0.2, 0.25) is 0 Å². The summed E-state index contributed by atoms with van der Waals surface area (Å²) in [6.45, 7) is 5.61. The van der Waals surface area contributed by atoms with Gasteiger partial charge in [0.2, 0.25) is 0 Å². The SMILES string of the molecule is CCCc1nc(C(C)(C)O)c(C(=O)OCc2oc(=O)oc2C)n1Cc1ccc(-c2ccccc2/C(N)=N/N(N)COC(=O)OCc2ccc(CO[N+](=O)[O-])cc2)cc1. The van der Waals surface area contributed by atoms with Crippen LogP contribution in [-0.2, 0) is 57.4 Å². The van der Waals surface area contributed by atoms with Crippen molar-refractivity contribution >= 4 is 18.0 Å². The molecule has 0 bridgehead atoms. The molecule has 2 heterocycles. The van der Waals surface area contributed by atoms with E-state index < -0.39 is 35.4 Å². The van der Waals surface area contributed by atoms with Gasteiger partial charge in [-0.3, -0.25) is 0 Å². The number of hydrogen-bond donors (Lipinski definition) is 3. The fourth-order valence-corrected chi connectivity index (χ4v) is 5.74. The van der Waals surface area contributed by atoms with Gasteiger partial charge in [-0.15, -0.1) is 15.2 Å². The Hall–Kier alpha value is -6.99. The molecule has 0 saturated heterocycles. The minimum atomic E-state index is -1.49. The minimum absolute atomic E-state index is 0.0371. The zero-order chi connectivity index (χ0) is 42.0. The number of hydrazone groups is 1. The third-order valence-corrected chi connectivity index (χ3v) is 8.54. The number of carbonyl (C=O) groups is 2. The highest BCUT2D eigenvalue weighted by Crippen LogP contribution is 2.29. The van der Waals surface area contributed by atoms with Crippen molar-refractivity contribution in [3.63, 3.8) is 0 Å². The summed E-state index contributed by atoms with van der Waals surface area (Å²) >= 11 is 0. The first kappa shape index (κ1) is 42.2. The van der Waals surface area contributed by atoms with Crippen molar-refractivity contribution < 1.29 is 47.7 Å². The molecule has 19 heteroatoms. The first-order valence-electron chi connectivity index (χ1n) is 17.9. The van der Waals surface area contributed by atoms with Gasteiger partial charge in [0, 0.05) is 18.5 Å². The number of nitrogens with zero attached hydrogens (tertiary/aromatic N) is 5. The van der Waals surface area contributed by atoms with Gasteiger partial charge in [-0.2, -0.15) is 5.12 Å². The Labute approximate surface area is 331 Å². The zero-order valence-electron chi connectivity index (χ0n) is 32.2. The van der Waals surface area contributed by atoms with Crippen LogP contribution in [0.5, 0.6) is 0 Å². The monoisotopic (exact) mass is 801 g/mol. The van der Waals surface area contributed by atoms with Crippen molar-refractivity contribution in [2.24, 2.45) is 16.7 Å². The molecule has 0 fully saturated rings. The molecule has 58 heavy (non-hydrogen) atoms. The molecule has 0 aliphatic rings. The number of nitrogens with two attached hydrogens (primary N) is 2. The van der Waals surface area contributed by atoms with Gasteiger partial charge in [-0.1, -0.05) is 79.7 Å². The van der Waals surface area contributed by atoms with Crippen LogP contribution in [0, 0.1) is 17.0 Å². The average Bonchev–Trinajstić information content (AvgIpc) is 3.72. The molecule has 0 unspecified atom stereocenters. The number of esters is 1. The predicted molar refractivity (Wildman–Crippen MR) is 205 cm³/mol. The van der Waals surface area contributed by atoms with Crippen LogP contribution in [-0.4, -0.2) is 49.6 Å². The first-order valence-corrected chi connectivity index (χ1v) is 17.9. The van der Waals surface area contributed by atoms with Crippen molar-refractivity contribution in [3.8, 4) is 11.1 Å². The summed E-state index contributed by atoms with van der Waals surface area (Å²) in [5.41, 5.74) is 9.14. The molecule has 5 aromatic rings. The summed E-state index contributed by atoms with van der Waals surface area (Å²) in [6, 6.07) is 21.2. The molecule has 0 saturated carbocycles. The summed E-state index contributed by atoms with van der Waals surface area (Å²) in [4.78, 5) is 56.7. The number of aliphatic hydroxyl groups is 1. The standard InChI is InChI=1S/C39H43N7O12/c1-5-8-32-42-34(39(3,4)50)33(36(47)53-22-31-24(2)57-38(49)58-31)44(32)19-25-15-17-28(18-16-25)29-9-6-7-10-30(29)35(40)43-45(41)23-55-37(48)54-20-26-11-13-27(14-12-26)21-56-46(51)52/h6-7,9-18,50H,5,8,19-23,41H2,1-4H3,(H2,40,43). The van der Waals surface area contributed by atoms with Crippen molar-refractivity contribution in [2.45, 2.75) is 72.5 Å². The lowest BCUT2D eigenvalue weighted by atomic mass is 9.98. The van der Waals surface area contributed by atoms with E-state index in [4.69, 9.17) is 34.6 Å². The molecule has 3 aromatic carbocycles. The van der Waals surface area contributed by atoms with Gasteiger partial charge < -0.3 is 43.3 Å². The zero-order valence-corrected chi connectivity index (χ0v) is 32.2. The van der Waals surface area contributed by atoms with E-state index in [1.54, 1.807) is 41.0 Å². The molecule has 0 aliphatic carbocycles. The summed E-state index contributed by atoms with van der Waals surface area (Å²) in [5, 5.41) is 25.5. The number of hydrazine groups is 1. The topological polar surface area (TPSA) is 263 Å². The number of amidine groups is 1. The Morgan fingerprint density at radius 1 is 0.966 bits per heavy atom. The third-order valence-electron chi connectivity index (χ3n) is 8.54. The van der Waals surface area contributed by atoms with Crippen LogP contribution in [0.3, 0.4) is 0 Å². The Morgan fingerprint density at radius 2 is 1.62 bits per heavy atom. The van der Waals surface area contributed by atoms with Crippen LogP contribution in [0.1, 0.15) is 83.0 Å². The van der Waals surface area contributed by atoms with Gasteiger partial charge in [0.15, 0.2) is 36.4 Å². The van der Waals surface area contributed by atoms with Gasteiger partial charge in [0.25, 0.3) is 5.09 Å². The highest BCUT2D eigenvalue weighted by Gasteiger charge is 2.33. The summed E-state index contributed by atoms with van der Waals surface area (Å²) in [6.07, 6.45) is 0.222. The van der Waals surface area contributed by atoms with Crippen molar-refractivity contribution in [1.82, 2.24) is 14.7 Å². The molecule has 0 atom stereocenters. The lowest BCUT2D eigenvalue weighted by molar-refractivity contribution is -0.763. The molecule has 5 N–H and O–H groups in total. The molecule has 19 nitrogen and oxygen atoms in total. The highest BCUT2D eigenvalue weighted by molar-refractivity contribution is 6.03. The number of benzene rings is 3. The fraction of sp³-hybridized carbons (Fsp3) is 0.308. The van der Waals surface area contributed by atoms with E-state index >= 15 is 0 Å². The smallest absolute Gasteiger partial charge is 0.453 e. The maximum absolute atomic E-state index is 13.6. The second kappa shape index (κ2) is 18.8. The van der Waals surface area contributed by atoms with Crippen LogP contribution < -0.4 is 17.4 Å². The van der Waals surface area contributed by atoms with Crippen molar-refractivity contribution in [3.05, 3.63) is 145 Å². The van der Waals surface area contributed by atoms with E-state index in [-0.39, 0.29) is 55.1 Å². The second-order valence-corrected chi connectivity index (χ2v) is 13.4. The number of imidazole rings is 1. The molecular weight excluding hydrogens is 758 g/mol. The second-order valence-electron chi connectivity index (χ2n) is 13.4. The molecule has 0 spiro atoms. The number of aromatic nitrogens is 2. The van der Waals surface area contributed by atoms with Gasteiger partial charge in [0.1, 0.15) is 30.3 Å². The number of carbonyl (C=O) groups excluding carboxylic acids is 2. The molecule has 0 aliphatic heterocycles. The largest absolute Gasteiger partial charge is 0.519 e. The van der Waals surface area contributed by atoms with Gasteiger partial charge in [-0.25, -0.2) is 25.2 Å². The molecule has 2 aromatic heterocycles. The fourth-order valence-electron chi connectivity index (χ4n) is 5.74. The average molecular weight is 802 g/mol. The number of rotatable bonds is 18. The Kier molecular flexibility index (Phi) is 13.6. The van der Waals surface area contributed by atoms with Crippen LogP contribution >= 0.6 is 0 Å². The lowest BCUT2D eigenvalue weighted by Crippen LogP contribution is -2.33. The van der Waals surface area contributed by atoms with Crippen molar-refractivity contribution in [1.29, 1.82) is 0 Å². The number of ether oxygens (including phenoxy) is 3. The molecule has 5 rings (SSSR count). The maximum atomic E-state index is 13.6. The quantitative estimate of drug-likeness (QED) is 0.0204. The van der Waals surface area contributed by atoms with Gasteiger partial charge in [-0.05, 0) is 55.0 Å². The minimum Gasteiger partial charge on any atom is -0.453 e. The maximum Gasteiger partial charge on any atom is 0.519 e.